The van der Waals surface area contributed by atoms with Gasteiger partial charge in [0, 0.05) is 33.2 Å². The van der Waals surface area contributed by atoms with Gasteiger partial charge in [-0.15, -0.1) is 0 Å². The third kappa shape index (κ3) is 3.12. The largest absolute Gasteiger partial charge is 0.406 e. The van der Waals surface area contributed by atoms with Crippen LogP contribution in [-0.2, 0) is 17.1 Å². The van der Waals surface area contributed by atoms with Crippen molar-refractivity contribution in [1.29, 1.82) is 0 Å². The fraction of sp³-hybridized carbons (Fsp3) is 0.357. The van der Waals surface area contributed by atoms with Crippen LogP contribution in [0.2, 0.25) is 0 Å². The second kappa shape index (κ2) is 6.61. The van der Waals surface area contributed by atoms with Crippen LogP contribution in [0, 0.1) is 21.7 Å². The molecule has 1 aliphatic heterocycles. The fourth-order valence-corrected chi connectivity index (χ4v) is 4.36. The molecule has 3 rings (SSSR count). The number of hydrogen-bond acceptors (Lipinski definition) is 6. The molecule has 1 fully saturated rings. The number of piperazine rings is 1. The summed E-state index contributed by atoms with van der Waals surface area (Å²) in [4.78, 5) is 15.1. The van der Waals surface area contributed by atoms with E-state index < -0.39 is 31.5 Å². The van der Waals surface area contributed by atoms with Crippen LogP contribution in [0.1, 0.15) is 0 Å². The first-order valence-corrected chi connectivity index (χ1v) is 9.01. The van der Waals surface area contributed by atoms with E-state index in [2.05, 4.69) is 4.98 Å². The highest BCUT2D eigenvalue weighted by Gasteiger charge is 2.34. The number of hydrogen-bond donors (Lipinski definition) is 0. The van der Waals surface area contributed by atoms with Gasteiger partial charge in [0.05, 0.1) is 0 Å². The van der Waals surface area contributed by atoms with Crippen molar-refractivity contribution in [2.75, 3.05) is 31.1 Å². The SMILES string of the molecule is Cn1cnc([N+](=O)[O-])c1N1CCN(S(=O)(=O)c2cc(F)ccc2F)CC1. The predicted molar refractivity (Wildman–Crippen MR) is 87.2 cm³/mol. The predicted octanol–water partition coefficient (Wildman–Crippen LogP) is 1.12. The zero-order valence-corrected chi connectivity index (χ0v) is 14.5. The Labute approximate surface area is 147 Å². The fourth-order valence-electron chi connectivity index (χ4n) is 2.86. The van der Waals surface area contributed by atoms with Crippen LogP contribution < -0.4 is 4.90 Å². The Kier molecular flexibility index (Phi) is 4.63. The van der Waals surface area contributed by atoms with Gasteiger partial charge in [0.15, 0.2) is 0 Å². The van der Waals surface area contributed by atoms with E-state index in [4.69, 9.17) is 0 Å². The van der Waals surface area contributed by atoms with Gasteiger partial charge in [0.2, 0.25) is 22.2 Å². The van der Waals surface area contributed by atoms with Gasteiger partial charge in [-0.1, -0.05) is 0 Å². The summed E-state index contributed by atoms with van der Waals surface area (Å²) in [5.74, 6) is -1.94. The number of sulfonamides is 1. The molecule has 0 bridgehead atoms. The highest BCUT2D eigenvalue weighted by atomic mass is 32.2. The molecular weight excluding hydrogens is 372 g/mol. The third-order valence-corrected chi connectivity index (χ3v) is 6.02. The molecule has 1 aliphatic rings. The van der Waals surface area contributed by atoms with E-state index in [0.29, 0.717) is 6.07 Å². The minimum atomic E-state index is -4.21. The minimum Gasteiger partial charge on any atom is -0.358 e. The number of aromatic nitrogens is 2. The second-order valence-electron chi connectivity index (χ2n) is 5.73. The van der Waals surface area contributed by atoms with Gasteiger partial charge in [-0.2, -0.15) is 4.31 Å². The summed E-state index contributed by atoms with van der Waals surface area (Å²) in [6.45, 7) is 0.244. The minimum absolute atomic E-state index is 0.0272. The number of benzene rings is 1. The van der Waals surface area contributed by atoms with Crippen molar-refractivity contribution in [3.05, 3.63) is 46.3 Å². The van der Waals surface area contributed by atoms with E-state index in [1.54, 1.807) is 11.9 Å². The van der Waals surface area contributed by atoms with Gasteiger partial charge in [-0.3, -0.25) is 4.57 Å². The molecule has 1 aromatic heterocycles. The first kappa shape index (κ1) is 18.2. The highest BCUT2D eigenvalue weighted by Crippen LogP contribution is 2.28. The van der Waals surface area contributed by atoms with Crippen molar-refractivity contribution >= 4 is 21.7 Å². The second-order valence-corrected chi connectivity index (χ2v) is 7.63. The van der Waals surface area contributed by atoms with Gasteiger partial charge in [-0.25, -0.2) is 17.2 Å². The van der Waals surface area contributed by atoms with Crippen LogP contribution in [0.4, 0.5) is 20.4 Å². The molecule has 0 N–H and O–H groups in total. The van der Waals surface area contributed by atoms with Gasteiger partial charge < -0.3 is 15.0 Å². The van der Waals surface area contributed by atoms with Crippen molar-refractivity contribution in [2.45, 2.75) is 4.90 Å². The lowest BCUT2D eigenvalue weighted by molar-refractivity contribution is -0.388. The Bertz CT molecular complexity index is 954. The Morgan fingerprint density at radius 2 is 1.85 bits per heavy atom. The molecule has 2 heterocycles. The van der Waals surface area contributed by atoms with Crippen molar-refractivity contribution in [2.24, 2.45) is 7.05 Å². The first-order chi connectivity index (χ1) is 12.2. The van der Waals surface area contributed by atoms with E-state index in [0.717, 1.165) is 16.4 Å². The summed E-state index contributed by atoms with van der Waals surface area (Å²) >= 11 is 0. The normalized spacial score (nSPS) is 16.0. The molecule has 9 nitrogen and oxygen atoms in total. The maximum absolute atomic E-state index is 13.8. The maximum atomic E-state index is 13.8. The first-order valence-electron chi connectivity index (χ1n) is 7.57. The molecule has 2 aromatic rings. The lowest BCUT2D eigenvalue weighted by atomic mass is 10.3. The van der Waals surface area contributed by atoms with Crippen molar-refractivity contribution in [1.82, 2.24) is 13.9 Å². The Morgan fingerprint density at radius 3 is 2.46 bits per heavy atom. The summed E-state index contributed by atoms with van der Waals surface area (Å²) < 4.78 is 54.8. The van der Waals surface area contributed by atoms with Crippen LogP contribution in [-0.4, -0.2) is 53.4 Å². The van der Waals surface area contributed by atoms with Gasteiger partial charge in [0.25, 0.3) is 0 Å². The number of aryl methyl sites for hydroxylation is 1. The zero-order valence-electron chi connectivity index (χ0n) is 13.7. The molecule has 0 atom stereocenters. The summed E-state index contributed by atoms with van der Waals surface area (Å²) in [6.07, 6.45) is 1.30. The number of imidazole rings is 1. The molecule has 0 aliphatic carbocycles. The standard InChI is InChI=1S/C14H15F2N5O4S/c1-18-9-17-13(21(22)23)14(18)19-4-6-20(7-5-19)26(24,25)12-8-10(15)2-3-11(12)16/h2-3,8-9H,4-7H2,1H3. The summed E-state index contributed by atoms with van der Waals surface area (Å²) in [7, 11) is -2.61. The average Bonchev–Trinajstić information content (AvgIpc) is 2.99. The van der Waals surface area contributed by atoms with Crippen molar-refractivity contribution in [3.8, 4) is 0 Å². The van der Waals surface area contributed by atoms with Crippen LogP contribution in [0.5, 0.6) is 0 Å². The van der Waals surface area contributed by atoms with E-state index in [9.17, 15) is 27.3 Å². The van der Waals surface area contributed by atoms with Crippen molar-refractivity contribution in [3.63, 3.8) is 0 Å². The number of anilines is 1. The Morgan fingerprint density at radius 1 is 1.19 bits per heavy atom. The van der Waals surface area contributed by atoms with Gasteiger partial charge >= 0.3 is 5.82 Å². The van der Waals surface area contributed by atoms with E-state index in [1.807, 2.05) is 0 Å². The van der Waals surface area contributed by atoms with Crippen LogP contribution in [0.25, 0.3) is 0 Å². The molecule has 0 unspecified atom stereocenters. The third-order valence-electron chi connectivity index (χ3n) is 4.11. The number of rotatable bonds is 4. The molecule has 0 amide bonds. The lowest BCUT2D eigenvalue weighted by Gasteiger charge is -2.34. The molecule has 26 heavy (non-hydrogen) atoms. The van der Waals surface area contributed by atoms with Crippen LogP contribution in [0.3, 0.4) is 0 Å². The average molecular weight is 387 g/mol. The molecule has 1 aromatic carbocycles. The number of halogens is 2. The van der Waals surface area contributed by atoms with Gasteiger partial charge in [-0.05, 0) is 28.1 Å². The van der Waals surface area contributed by atoms with Crippen LogP contribution in [0.15, 0.2) is 29.4 Å². The van der Waals surface area contributed by atoms with Crippen molar-refractivity contribution < 1.29 is 22.1 Å². The Hall–Kier alpha value is -2.60. The van der Waals surface area contributed by atoms with E-state index in [1.165, 1.54) is 10.9 Å². The lowest BCUT2D eigenvalue weighted by Crippen LogP contribution is -2.49. The van der Waals surface area contributed by atoms with E-state index >= 15 is 0 Å². The smallest absolute Gasteiger partial charge is 0.358 e. The quantitative estimate of drug-likeness (QED) is 0.576. The molecule has 0 saturated carbocycles. The molecule has 0 spiro atoms. The summed E-state index contributed by atoms with van der Waals surface area (Å²) in [5, 5.41) is 11.1. The van der Waals surface area contributed by atoms with E-state index in [-0.39, 0.29) is 37.8 Å². The Balaban J connectivity index is 1.82. The monoisotopic (exact) mass is 387 g/mol. The maximum Gasteiger partial charge on any atom is 0.406 e. The summed E-state index contributed by atoms with van der Waals surface area (Å²) in [5.41, 5.74) is 0. The molecule has 12 heteroatoms. The van der Waals surface area contributed by atoms with Gasteiger partial charge in [0.1, 0.15) is 16.5 Å². The summed E-state index contributed by atoms with van der Waals surface area (Å²) in [6, 6.07) is 2.24. The zero-order chi connectivity index (χ0) is 19.1. The van der Waals surface area contributed by atoms with Crippen LogP contribution >= 0.6 is 0 Å². The highest BCUT2D eigenvalue weighted by molar-refractivity contribution is 7.89. The number of nitrogens with zero attached hydrogens (tertiary/aromatic N) is 5. The molecule has 0 radical (unpaired) electrons. The topological polar surface area (TPSA) is 102 Å². The number of nitro groups is 1. The molecule has 140 valence electrons. The molecular formula is C14H15F2N5O4S. The molecule has 1 saturated heterocycles.